The van der Waals surface area contributed by atoms with E-state index in [0.29, 0.717) is 6.54 Å². The molecule has 1 aliphatic rings. The van der Waals surface area contributed by atoms with Crippen LogP contribution in [0.2, 0.25) is 0 Å². The quantitative estimate of drug-likeness (QED) is 0.670. The fourth-order valence-electron chi connectivity index (χ4n) is 3.01. The van der Waals surface area contributed by atoms with Gasteiger partial charge in [0.05, 0.1) is 0 Å². The second-order valence-corrected chi connectivity index (χ2v) is 5.72. The number of rotatable bonds is 4. The van der Waals surface area contributed by atoms with E-state index in [1.165, 1.54) is 22.3 Å². The Morgan fingerprint density at radius 2 is 1.71 bits per heavy atom. The van der Waals surface area contributed by atoms with E-state index in [0.717, 1.165) is 6.42 Å². The van der Waals surface area contributed by atoms with Gasteiger partial charge in [0.25, 0.3) is 0 Å². The Bertz CT molecular complexity index is 725. The summed E-state index contributed by atoms with van der Waals surface area (Å²) in [6.45, 7) is 2.83. The molecule has 1 aliphatic carbocycles. The predicted octanol–water partition coefficient (Wildman–Crippen LogP) is 3.25. The van der Waals surface area contributed by atoms with Crippen LogP contribution in [0.4, 0.5) is 4.79 Å². The molecule has 0 bridgehead atoms. The molecule has 5 nitrogen and oxygen atoms in total. The number of hydrogen-bond acceptors (Lipinski definition) is 3. The van der Waals surface area contributed by atoms with Gasteiger partial charge in [-0.3, -0.25) is 10.3 Å². The van der Waals surface area contributed by atoms with Crippen molar-refractivity contribution >= 4 is 12.1 Å². The SMILES string of the molecule is CCCN=C(N)NC(=O)OCC1c2ccccc2-c2ccccc21. The number of hydrogen-bond donors (Lipinski definition) is 2. The van der Waals surface area contributed by atoms with E-state index in [4.69, 9.17) is 10.5 Å². The van der Waals surface area contributed by atoms with Gasteiger partial charge in [-0.25, -0.2) is 4.79 Å². The molecule has 0 saturated carbocycles. The molecule has 0 aromatic heterocycles. The van der Waals surface area contributed by atoms with Crippen LogP contribution in [0, 0.1) is 0 Å². The fourth-order valence-corrected chi connectivity index (χ4v) is 3.01. The lowest BCUT2D eigenvalue weighted by Gasteiger charge is -2.14. The van der Waals surface area contributed by atoms with Crippen molar-refractivity contribution in [1.82, 2.24) is 5.32 Å². The van der Waals surface area contributed by atoms with Gasteiger partial charge in [-0.05, 0) is 28.7 Å². The van der Waals surface area contributed by atoms with Gasteiger partial charge >= 0.3 is 6.09 Å². The van der Waals surface area contributed by atoms with Crippen molar-refractivity contribution in [3.05, 3.63) is 59.7 Å². The Balaban J connectivity index is 1.71. The smallest absolute Gasteiger partial charge is 0.413 e. The summed E-state index contributed by atoms with van der Waals surface area (Å²) in [6.07, 6.45) is 0.293. The molecule has 0 heterocycles. The molecule has 2 aromatic carbocycles. The van der Waals surface area contributed by atoms with Gasteiger partial charge in [-0.15, -0.1) is 0 Å². The van der Waals surface area contributed by atoms with Crippen LogP contribution in [0.1, 0.15) is 30.4 Å². The van der Waals surface area contributed by atoms with Crippen LogP contribution in [0.3, 0.4) is 0 Å². The number of amides is 1. The highest BCUT2D eigenvalue weighted by molar-refractivity contribution is 5.92. The summed E-state index contributed by atoms with van der Waals surface area (Å²) in [5.41, 5.74) is 10.4. The summed E-state index contributed by atoms with van der Waals surface area (Å²) in [5.74, 6) is 0.131. The highest BCUT2D eigenvalue weighted by Crippen LogP contribution is 2.44. The average molecular weight is 323 g/mol. The third-order valence-electron chi connectivity index (χ3n) is 4.08. The van der Waals surface area contributed by atoms with E-state index in [1.54, 1.807) is 0 Å². The second kappa shape index (κ2) is 7.17. The molecule has 0 radical (unpaired) electrons. The molecular formula is C19H21N3O2. The number of ether oxygens (including phenoxy) is 1. The van der Waals surface area contributed by atoms with Crippen molar-refractivity contribution in [1.29, 1.82) is 0 Å². The van der Waals surface area contributed by atoms with E-state index in [-0.39, 0.29) is 18.5 Å². The van der Waals surface area contributed by atoms with E-state index in [1.807, 2.05) is 31.2 Å². The first-order chi connectivity index (χ1) is 11.7. The summed E-state index contributed by atoms with van der Waals surface area (Å²) in [5, 5.41) is 2.45. The molecule has 0 unspecified atom stereocenters. The molecule has 124 valence electrons. The molecule has 3 N–H and O–H groups in total. The minimum atomic E-state index is -0.575. The Morgan fingerprint density at radius 3 is 2.29 bits per heavy atom. The first kappa shape index (κ1) is 16.1. The van der Waals surface area contributed by atoms with Crippen LogP contribution >= 0.6 is 0 Å². The zero-order chi connectivity index (χ0) is 16.9. The average Bonchev–Trinajstić information content (AvgIpc) is 2.92. The molecule has 0 atom stereocenters. The minimum absolute atomic E-state index is 0.0388. The molecular weight excluding hydrogens is 302 g/mol. The van der Waals surface area contributed by atoms with Gasteiger partial charge in [0, 0.05) is 12.5 Å². The number of nitrogens with zero attached hydrogens (tertiary/aromatic N) is 1. The Hall–Kier alpha value is -2.82. The third-order valence-corrected chi connectivity index (χ3v) is 4.08. The zero-order valence-corrected chi connectivity index (χ0v) is 13.7. The lowest BCUT2D eigenvalue weighted by Crippen LogP contribution is -2.37. The number of aliphatic imine (C=N–C) groups is 1. The Labute approximate surface area is 141 Å². The number of alkyl carbamates (subject to hydrolysis) is 1. The third kappa shape index (κ3) is 3.25. The second-order valence-electron chi connectivity index (χ2n) is 5.72. The Kier molecular flexibility index (Phi) is 4.79. The number of fused-ring (bicyclic) bond motifs is 3. The number of nitrogens with two attached hydrogens (primary N) is 1. The number of guanidine groups is 1. The van der Waals surface area contributed by atoms with Gasteiger partial charge < -0.3 is 10.5 Å². The zero-order valence-electron chi connectivity index (χ0n) is 13.7. The van der Waals surface area contributed by atoms with Crippen molar-refractivity contribution in [2.45, 2.75) is 19.3 Å². The maximum atomic E-state index is 11.9. The van der Waals surface area contributed by atoms with Crippen LogP contribution in [0.15, 0.2) is 53.5 Å². The van der Waals surface area contributed by atoms with Crippen LogP contribution in [-0.2, 0) is 4.74 Å². The largest absolute Gasteiger partial charge is 0.448 e. The molecule has 1 amide bonds. The van der Waals surface area contributed by atoms with Crippen LogP contribution < -0.4 is 11.1 Å². The lowest BCUT2D eigenvalue weighted by atomic mass is 9.98. The van der Waals surface area contributed by atoms with Crippen LogP contribution in [0.25, 0.3) is 11.1 Å². The van der Waals surface area contributed by atoms with Gasteiger partial charge in [-0.1, -0.05) is 55.5 Å². The first-order valence-corrected chi connectivity index (χ1v) is 8.12. The molecule has 0 spiro atoms. The van der Waals surface area contributed by atoms with E-state index >= 15 is 0 Å². The summed E-state index contributed by atoms with van der Waals surface area (Å²) in [7, 11) is 0. The van der Waals surface area contributed by atoms with Crippen molar-refractivity contribution in [3.63, 3.8) is 0 Å². The summed E-state index contributed by atoms with van der Waals surface area (Å²) in [6, 6.07) is 16.4. The maximum Gasteiger partial charge on any atom is 0.413 e. The van der Waals surface area contributed by atoms with Gasteiger partial charge in [0.1, 0.15) is 6.61 Å². The Morgan fingerprint density at radius 1 is 1.12 bits per heavy atom. The fraction of sp³-hybridized carbons (Fsp3) is 0.263. The van der Waals surface area contributed by atoms with Gasteiger partial charge in [-0.2, -0.15) is 0 Å². The highest BCUT2D eigenvalue weighted by atomic mass is 16.5. The number of benzene rings is 2. The molecule has 0 saturated heterocycles. The minimum Gasteiger partial charge on any atom is -0.448 e. The van der Waals surface area contributed by atoms with Crippen LogP contribution in [-0.4, -0.2) is 25.2 Å². The topological polar surface area (TPSA) is 76.7 Å². The molecule has 5 heteroatoms. The number of carbonyl (C=O) groups excluding carboxylic acids is 1. The van der Waals surface area contributed by atoms with Gasteiger partial charge in [0.15, 0.2) is 5.96 Å². The van der Waals surface area contributed by atoms with E-state index in [9.17, 15) is 4.79 Å². The van der Waals surface area contributed by atoms with Gasteiger partial charge in [0.2, 0.25) is 0 Å². The lowest BCUT2D eigenvalue weighted by molar-refractivity contribution is 0.148. The molecule has 3 rings (SSSR count). The normalized spacial score (nSPS) is 13.3. The monoisotopic (exact) mass is 323 g/mol. The van der Waals surface area contributed by atoms with Crippen molar-refractivity contribution < 1.29 is 9.53 Å². The first-order valence-electron chi connectivity index (χ1n) is 8.12. The van der Waals surface area contributed by atoms with E-state index in [2.05, 4.69) is 34.6 Å². The standard InChI is InChI=1S/C19H21N3O2/c1-2-11-21-18(20)22-19(23)24-12-17-15-9-5-3-7-13(15)14-8-4-6-10-16(14)17/h3-10,17H,2,11-12H2,1H3,(H3,20,21,22,23). The summed E-state index contributed by atoms with van der Waals surface area (Å²) >= 11 is 0. The molecule has 24 heavy (non-hydrogen) atoms. The molecule has 0 aliphatic heterocycles. The maximum absolute atomic E-state index is 11.9. The number of carbonyl (C=O) groups is 1. The van der Waals surface area contributed by atoms with E-state index < -0.39 is 6.09 Å². The van der Waals surface area contributed by atoms with Crippen molar-refractivity contribution in [2.75, 3.05) is 13.2 Å². The number of nitrogens with one attached hydrogen (secondary N) is 1. The van der Waals surface area contributed by atoms with Crippen LogP contribution in [0.5, 0.6) is 0 Å². The molecule has 0 fully saturated rings. The highest BCUT2D eigenvalue weighted by Gasteiger charge is 2.28. The van der Waals surface area contributed by atoms with Crippen molar-refractivity contribution in [3.8, 4) is 11.1 Å². The van der Waals surface area contributed by atoms with Crippen molar-refractivity contribution in [2.24, 2.45) is 10.7 Å². The summed E-state index contributed by atoms with van der Waals surface area (Å²) in [4.78, 5) is 15.9. The summed E-state index contributed by atoms with van der Waals surface area (Å²) < 4.78 is 5.38. The predicted molar refractivity (Wildman–Crippen MR) is 95.0 cm³/mol. The molecule has 2 aromatic rings.